The fourth-order valence-electron chi connectivity index (χ4n) is 2.98. The molecular formula is C21H24FN3O2S. The summed E-state index contributed by atoms with van der Waals surface area (Å²) < 4.78 is 12.9. The first-order valence-electron chi connectivity index (χ1n) is 9.34. The van der Waals surface area contributed by atoms with E-state index in [1.807, 2.05) is 24.3 Å². The molecule has 28 heavy (non-hydrogen) atoms. The molecule has 0 saturated carbocycles. The van der Waals surface area contributed by atoms with Gasteiger partial charge in [0, 0.05) is 23.0 Å². The maximum absolute atomic E-state index is 12.9. The first-order valence-corrected chi connectivity index (χ1v) is 10.5. The average Bonchev–Trinajstić information content (AvgIpc) is 2.71. The van der Waals surface area contributed by atoms with Crippen molar-refractivity contribution < 1.29 is 14.0 Å². The Morgan fingerprint density at radius 1 is 1.04 bits per heavy atom. The fraction of sp³-hybridized carbons (Fsp3) is 0.333. The lowest BCUT2D eigenvalue weighted by atomic mass is 10.1. The van der Waals surface area contributed by atoms with Crippen molar-refractivity contribution in [2.45, 2.75) is 24.6 Å². The number of carbonyl (C=O) groups excluding carboxylic acids is 2. The third kappa shape index (κ3) is 6.35. The zero-order valence-corrected chi connectivity index (χ0v) is 16.4. The molecule has 1 aliphatic rings. The maximum atomic E-state index is 12.9. The number of piperidine rings is 1. The van der Waals surface area contributed by atoms with Crippen LogP contribution in [0.3, 0.4) is 0 Å². The highest BCUT2D eigenvalue weighted by atomic mass is 32.2. The molecular weight excluding hydrogens is 377 g/mol. The standard InChI is InChI=1S/C21H24FN3O2S/c22-17-5-7-18(8-6-17)24-20(26)14-28-13-15-1-3-16(4-2-15)21(27)25-19-9-11-23-12-10-19/h1-8,19,23H,9-14H2,(H,24,26)(H,25,27). The number of amides is 2. The molecule has 2 aromatic carbocycles. The fourth-order valence-corrected chi connectivity index (χ4v) is 3.77. The van der Waals surface area contributed by atoms with Gasteiger partial charge in [0.25, 0.3) is 5.91 Å². The van der Waals surface area contributed by atoms with Crippen molar-refractivity contribution in [1.82, 2.24) is 10.6 Å². The topological polar surface area (TPSA) is 70.2 Å². The Hall–Kier alpha value is -2.38. The summed E-state index contributed by atoms with van der Waals surface area (Å²) in [5.41, 5.74) is 2.29. The molecule has 3 rings (SSSR count). The van der Waals surface area contributed by atoms with Crippen molar-refractivity contribution in [3.05, 3.63) is 65.5 Å². The first-order chi connectivity index (χ1) is 13.6. The lowest BCUT2D eigenvalue weighted by molar-refractivity contribution is -0.113. The van der Waals surface area contributed by atoms with Crippen LogP contribution in [-0.2, 0) is 10.5 Å². The molecule has 1 aliphatic heterocycles. The van der Waals surface area contributed by atoms with Gasteiger partial charge in [0.15, 0.2) is 0 Å². The van der Waals surface area contributed by atoms with Gasteiger partial charge in [0.05, 0.1) is 5.75 Å². The van der Waals surface area contributed by atoms with E-state index in [-0.39, 0.29) is 23.7 Å². The van der Waals surface area contributed by atoms with E-state index in [0.717, 1.165) is 31.5 Å². The summed E-state index contributed by atoms with van der Waals surface area (Å²) >= 11 is 1.49. The minimum Gasteiger partial charge on any atom is -0.349 e. The summed E-state index contributed by atoms with van der Waals surface area (Å²) in [6.45, 7) is 1.88. The molecule has 148 valence electrons. The molecule has 0 aromatic heterocycles. The molecule has 0 radical (unpaired) electrons. The summed E-state index contributed by atoms with van der Waals surface area (Å²) in [6.07, 6.45) is 1.92. The SMILES string of the molecule is O=C(CSCc1ccc(C(=O)NC2CCNCC2)cc1)Nc1ccc(F)cc1. The van der Waals surface area contributed by atoms with E-state index in [2.05, 4.69) is 16.0 Å². The van der Waals surface area contributed by atoms with E-state index < -0.39 is 0 Å². The first kappa shape index (κ1) is 20.4. The zero-order chi connectivity index (χ0) is 19.8. The Morgan fingerprint density at radius 2 is 1.71 bits per heavy atom. The second-order valence-corrected chi connectivity index (χ2v) is 7.73. The predicted molar refractivity (Wildman–Crippen MR) is 111 cm³/mol. The van der Waals surface area contributed by atoms with Gasteiger partial charge in [-0.2, -0.15) is 0 Å². The Bertz CT molecular complexity index is 790. The van der Waals surface area contributed by atoms with Crippen LogP contribution in [0.1, 0.15) is 28.8 Å². The van der Waals surface area contributed by atoms with Crippen LogP contribution in [-0.4, -0.2) is 36.7 Å². The molecule has 0 aliphatic carbocycles. The highest BCUT2D eigenvalue weighted by Gasteiger charge is 2.16. The van der Waals surface area contributed by atoms with Crippen molar-refractivity contribution in [1.29, 1.82) is 0 Å². The number of rotatable bonds is 7. The largest absolute Gasteiger partial charge is 0.349 e. The van der Waals surface area contributed by atoms with Gasteiger partial charge in [-0.25, -0.2) is 4.39 Å². The van der Waals surface area contributed by atoms with E-state index in [1.165, 1.54) is 36.0 Å². The van der Waals surface area contributed by atoms with Crippen LogP contribution in [0.15, 0.2) is 48.5 Å². The summed E-state index contributed by atoms with van der Waals surface area (Å²) in [6, 6.07) is 13.4. The molecule has 0 spiro atoms. The van der Waals surface area contributed by atoms with Crippen molar-refractivity contribution in [3.8, 4) is 0 Å². The minimum atomic E-state index is -0.333. The van der Waals surface area contributed by atoms with Crippen molar-refractivity contribution in [2.24, 2.45) is 0 Å². The van der Waals surface area contributed by atoms with Gasteiger partial charge in [0.2, 0.25) is 5.91 Å². The molecule has 5 nitrogen and oxygen atoms in total. The van der Waals surface area contributed by atoms with E-state index >= 15 is 0 Å². The Kier molecular flexibility index (Phi) is 7.45. The van der Waals surface area contributed by atoms with Crippen molar-refractivity contribution >= 4 is 29.3 Å². The number of anilines is 1. The van der Waals surface area contributed by atoms with Gasteiger partial charge in [0.1, 0.15) is 5.82 Å². The van der Waals surface area contributed by atoms with Crippen LogP contribution in [0.25, 0.3) is 0 Å². The number of hydrogen-bond acceptors (Lipinski definition) is 4. The van der Waals surface area contributed by atoms with Gasteiger partial charge < -0.3 is 16.0 Å². The van der Waals surface area contributed by atoms with Gasteiger partial charge >= 0.3 is 0 Å². The Balaban J connectivity index is 1.40. The van der Waals surface area contributed by atoms with Crippen LogP contribution in [0.5, 0.6) is 0 Å². The lowest BCUT2D eigenvalue weighted by Crippen LogP contribution is -2.42. The summed E-state index contributed by atoms with van der Waals surface area (Å²) in [5, 5.41) is 9.09. The summed E-state index contributed by atoms with van der Waals surface area (Å²) in [5.74, 6) is 0.474. The highest BCUT2D eigenvalue weighted by molar-refractivity contribution is 7.99. The Labute approximate surface area is 168 Å². The molecule has 1 fully saturated rings. The molecule has 3 N–H and O–H groups in total. The van der Waals surface area contributed by atoms with E-state index in [1.54, 1.807) is 0 Å². The van der Waals surface area contributed by atoms with E-state index in [0.29, 0.717) is 22.8 Å². The molecule has 2 amide bonds. The molecule has 0 unspecified atom stereocenters. The van der Waals surface area contributed by atoms with Crippen LogP contribution in [0.4, 0.5) is 10.1 Å². The number of halogens is 1. The second kappa shape index (κ2) is 10.2. The maximum Gasteiger partial charge on any atom is 0.251 e. The molecule has 0 atom stereocenters. The quantitative estimate of drug-likeness (QED) is 0.667. The Morgan fingerprint density at radius 3 is 2.39 bits per heavy atom. The average molecular weight is 402 g/mol. The van der Waals surface area contributed by atoms with Gasteiger partial charge in [-0.1, -0.05) is 12.1 Å². The van der Waals surface area contributed by atoms with Gasteiger partial charge in [-0.3, -0.25) is 9.59 Å². The normalized spacial score (nSPS) is 14.5. The lowest BCUT2D eigenvalue weighted by Gasteiger charge is -2.23. The molecule has 7 heteroatoms. The minimum absolute atomic E-state index is 0.0372. The zero-order valence-electron chi connectivity index (χ0n) is 15.5. The van der Waals surface area contributed by atoms with Crippen molar-refractivity contribution in [3.63, 3.8) is 0 Å². The van der Waals surface area contributed by atoms with Crippen LogP contribution < -0.4 is 16.0 Å². The number of hydrogen-bond donors (Lipinski definition) is 3. The number of benzene rings is 2. The molecule has 0 bridgehead atoms. The monoisotopic (exact) mass is 401 g/mol. The van der Waals surface area contributed by atoms with E-state index in [9.17, 15) is 14.0 Å². The predicted octanol–water partition coefficient (Wildman–Crippen LogP) is 3.18. The molecule has 1 heterocycles. The van der Waals surface area contributed by atoms with Crippen LogP contribution in [0, 0.1) is 5.82 Å². The molecule has 1 saturated heterocycles. The highest BCUT2D eigenvalue weighted by Crippen LogP contribution is 2.15. The van der Waals surface area contributed by atoms with Crippen LogP contribution in [0.2, 0.25) is 0 Å². The van der Waals surface area contributed by atoms with Gasteiger partial charge in [-0.15, -0.1) is 11.8 Å². The summed E-state index contributed by atoms with van der Waals surface area (Å²) in [7, 11) is 0. The third-order valence-corrected chi connectivity index (χ3v) is 5.52. The number of carbonyl (C=O) groups is 2. The van der Waals surface area contributed by atoms with Crippen LogP contribution >= 0.6 is 11.8 Å². The second-order valence-electron chi connectivity index (χ2n) is 6.74. The molecule has 2 aromatic rings. The van der Waals surface area contributed by atoms with Gasteiger partial charge in [-0.05, 0) is 67.9 Å². The number of thioether (sulfide) groups is 1. The smallest absolute Gasteiger partial charge is 0.251 e. The number of nitrogens with one attached hydrogen (secondary N) is 3. The third-order valence-electron chi connectivity index (χ3n) is 4.52. The summed E-state index contributed by atoms with van der Waals surface area (Å²) in [4.78, 5) is 24.2. The van der Waals surface area contributed by atoms with Crippen molar-refractivity contribution in [2.75, 3.05) is 24.2 Å². The van der Waals surface area contributed by atoms with E-state index in [4.69, 9.17) is 0 Å².